The SMILES string of the molecule is C[C@H](CO)CN(Cc1ccccc1)C(=O)CNC(=O)c1ccccc1. The molecule has 5 nitrogen and oxygen atoms in total. The highest BCUT2D eigenvalue weighted by Crippen LogP contribution is 2.08. The molecule has 2 amide bonds. The van der Waals surface area contributed by atoms with E-state index in [1.165, 1.54) is 0 Å². The summed E-state index contributed by atoms with van der Waals surface area (Å²) in [5, 5.41) is 12.0. The third-order valence-corrected chi connectivity index (χ3v) is 3.85. The summed E-state index contributed by atoms with van der Waals surface area (Å²) in [6, 6.07) is 18.5. The van der Waals surface area contributed by atoms with Gasteiger partial charge in [-0.25, -0.2) is 0 Å². The minimum absolute atomic E-state index is 0.00887. The van der Waals surface area contributed by atoms with Gasteiger partial charge < -0.3 is 15.3 Å². The van der Waals surface area contributed by atoms with Crippen LogP contribution in [0.25, 0.3) is 0 Å². The van der Waals surface area contributed by atoms with E-state index >= 15 is 0 Å². The van der Waals surface area contributed by atoms with E-state index in [0.29, 0.717) is 18.7 Å². The van der Waals surface area contributed by atoms with E-state index in [9.17, 15) is 14.7 Å². The van der Waals surface area contributed by atoms with Crippen LogP contribution in [0.4, 0.5) is 0 Å². The molecular weight excluding hydrogens is 316 g/mol. The molecule has 0 aliphatic carbocycles. The first-order valence-electron chi connectivity index (χ1n) is 8.36. The number of carbonyl (C=O) groups excluding carboxylic acids is 2. The normalized spacial score (nSPS) is 11.6. The zero-order chi connectivity index (χ0) is 18.1. The lowest BCUT2D eigenvalue weighted by atomic mass is 10.1. The Bertz CT molecular complexity index is 674. The summed E-state index contributed by atoms with van der Waals surface area (Å²) in [7, 11) is 0. The lowest BCUT2D eigenvalue weighted by Gasteiger charge is -2.25. The van der Waals surface area contributed by atoms with Gasteiger partial charge in [-0.05, 0) is 23.6 Å². The first-order valence-corrected chi connectivity index (χ1v) is 8.36. The Balaban J connectivity index is 1.98. The number of aliphatic hydroxyl groups excluding tert-OH is 1. The Morgan fingerprint density at radius 1 is 1.04 bits per heavy atom. The van der Waals surface area contributed by atoms with Crippen LogP contribution in [-0.2, 0) is 11.3 Å². The molecule has 0 aliphatic heterocycles. The van der Waals surface area contributed by atoms with Gasteiger partial charge in [-0.2, -0.15) is 0 Å². The molecule has 1 atom stereocenters. The molecule has 0 fully saturated rings. The van der Waals surface area contributed by atoms with E-state index in [-0.39, 0.29) is 30.9 Å². The fourth-order valence-corrected chi connectivity index (χ4v) is 2.45. The first-order chi connectivity index (χ1) is 12.1. The summed E-state index contributed by atoms with van der Waals surface area (Å²) in [5.74, 6) is -0.477. The van der Waals surface area contributed by atoms with Gasteiger partial charge in [0.2, 0.25) is 5.91 Å². The van der Waals surface area contributed by atoms with Crippen molar-refractivity contribution in [1.29, 1.82) is 0 Å². The Kier molecular flexibility index (Phi) is 7.16. The Morgan fingerprint density at radius 2 is 1.64 bits per heavy atom. The number of aliphatic hydroxyl groups is 1. The van der Waals surface area contributed by atoms with Crippen LogP contribution in [0.1, 0.15) is 22.8 Å². The van der Waals surface area contributed by atoms with Crippen LogP contribution < -0.4 is 5.32 Å². The molecule has 0 saturated heterocycles. The van der Waals surface area contributed by atoms with Crippen molar-refractivity contribution in [3.8, 4) is 0 Å². The Morgan fingerprint density at radius 3 is 2.24 bits per heavy atom. The van der Waals surface area contributed by atoms with Crippen LogP contribution in [0.5, 0.6) is 0 Å². The smallest absolute Gasteiger partial charge is 0.251 e. The molecule has 132 valence electrons. The van der Waals surface area contributed by atoms with Crippen molar-refractivity contribution in [3.63, 3.8) is 0 Å². The van der Waals surface area contributed by atoms with E-state index in [0.717, 1.165) is 5.56 Å². The van der Waals surface area contributed by atoms with Crippen LogP contribution in [0.15, 0.2) is 60.7 Å². The van der Waals surface area contributed by atoms with Crippen LogP contribution in [0.2, 0.25) is 0 Å². The Hall–Kier alpha value is -2.66. The summed E-state index contributed by atoms with van der Waals surface area (Å²) >= 11 is 0. The summed E-state index contributed by atoms with van der Waals surface area (Å²) in [6.45, 7) is 2.71. The summed E-state index contributed by atoms with van der Waals surface area (Å²) in [5.41, 5.74) is 1.53. The van der Waals surface area contributed by atoms with Crippen LogP contribution in [-0.4, -0.2) is 41.5 Å². The van der Waals surface area contributed by atoms with Crippen LogP contribution in [0.3, 0.4) is 0 Å². The lowest BCUT2D eigenvalue weighted by Crippen LogP contribution is -2.42. The third kappa shape index (κ3) is 6.04. The van der Waals surface area contributed by atoms with Gasteiger partial charge in [-0.1, -0.05) is 55.5 Å². The fourth-order valence-electron chi connectivity index (χ4n) is 2.45. The summed E-state index contributed by atoms with van der Waals surface area (Å²) in [6.07, 6.45) is 0. The number of nitrogens with one attached hydrogen (secondary N) is 1. The Labute approximate surface area is 148 Å². The van der Waals surface area contributed by atoms with Gasteiger partial charge in [0.25, 0.3) is 5.91 Å². The van der Waals surface area contributed by atoms with Crippen molar-refractivity contribution in [3.05, 3.63) is 71.8 Å². The van der Waals surface area contributed by atoms with Crippen molar-refractivity contribution in [1.82, 2.24) is 10.2 Å². The molecule has 0 saturated carbocycles. The van der Waals surface area contributed by atoms with Crippen molar-refractivity contribution in [2.75, 3.05) is 19.7 Å². The summed E-state index contributed by atoms with van der Waals surface area (Å²) in [4.78, 5) is 26.3. The van der Waals surface area contributed by atoms with Crippen LogP contribution >= 0.6 is 0 Å². The van der Waals surface area contributed by atoms with E-state index in [4.69, 9.17) is 0 Å². The van der Waals surface area contributed by atoms with E-state index in [1.54, 1.807) is 29.2 Å². The maximum absolute atomic E-state index is 12.6. The molecular formula is C20H24N2O3. The van der Waals surface area contributed by atoms with Gasteiger partial charge in [-0.15, -0.1) is 0 Å². The highest BCUT2D eigenvalue weighted by molar-refractivity contribution is 5.96. The molecule has 0 aliphatic rings. The topological polar surface area (TPSA) is 69.6 Å². The van der Waals surface area contributed by atoms with Gasteiger partial charge in [0.1, 0.15) is 0 Å². The molecule has 2 rings (SSSR count). The predicted octanol–water partition coefficient (Wildman–Crippen LogP) is 2.07. The van der Waals surface area contributed by atoms with E-state index < -0.39 is 0 Å². The van der Waals surface area contributed by atoms with Crippen LogP contribution in [0, 0.1) is 5.92 Å². The fraction of sp³-hybridized carbons (Fsp3) is 0.300. The molecule has 0 radical (unpaired) electrons. The molecule has 0 spiro atoms. The van der Waals surface area contributed by atoms with Gasteiger partial charge in [0, 0.05) is 25.3 Å². The molecule has 2 aromatic rings. The molecule has 2 N–H and O–H groups in total. The predicted molar refractivity (Wildman–Crippen MR) is 96.9 cm³/mol. The third-order valence-electron chi connectivity index (χ3n) is 3.85. The maximum atomic E-state index is 12.6. The number of carbonyl (C=O) groups is 2. The van der Waals surface area contributed by atoms with Crippen molar-refractivity contribution in [2.24, 2.45) is 5.92 Å². The van der Waals surface area contributed by atoms with Gasteiger partial charge in [0.05, 0.1) is 6.54 Å². The number of rotatable bonds is 8. The standard InChI is InChI=1S/C20H24N2O3/c1-16(15-23)13-22(14-17-8-4-2-5-9-17)19(24)12-21-20(25)18-10-6-3-7-11-18/h2-11,16,23H,12-15H2,1H3,(H,21,25)/t16-/m0/s1. The molecule has 25 heavy (non-hydrogen) atoms. The monoisotopic (exact) mass is 340 g/mol. The summed E-state index contributed by atoms with van der Waals surface area (Å²) < 4.78 is 0. The van der Waals surface area contributed by atoms with E-state index in [1.807, 2.05) is 43.3 Å². The van der Waals surface area contributed by atoms with Crippen molar-refractivity contribution >= 4 is 11.8 Å². The molecule has 0 aromatic heterocycles. The first kappa shape index (κ1) is 18.7. The highest BCUT2D eigenvalue weighted by Gasteiger charge is 2.17. The molecule has 5 heteroatoms. The number of nitrogens with zero attached hydrogens (tertiary/aromatic N) is 1. The van der Waals surface area contributed by atoms with Gasteiger partial charge in [0.15, 0.2) is 0 Å². The minimum Gasteiger partial charge on any atom is -0.396 e. The largest absolute Gasteiger partial charge is 0.396 e. The highest BCUT2D eigenvalue weighted by atomic mass is 16.3. The average molecular weight is 340 g/mol. The van der Waals surface area contributed by atoms with Crippen molar-refractivity contribution in [2.45, 2.75) is 13.5 Å². The second kappa shape index (κ2) is 9.59. The minimum atomic E-state index is -0.274. The molecule has 0 bridgehead atoms. The second-order valence-electron chi connectivity index (χ2n) is 6.10. The number of amides is 2. The van der Waals surface area contributed by atoms with Crippen molar-refractivity contribution < 1.29 is 14.7 Å². The van der Waals surface area contributed by atoms with Gasteiger partial charge in [-0.3, -0.25) is 9.59 Å². The second-order valence-corrected chi connectivity index (χ2v) is 6.10. The average Bonchev–Trinajstić information content (AvgIpc) is 2.66. The molecule has 0 heterocycles. The zero-order valence-corrected chi connectivity index (χ0v) is 14.4. The van der Waals surface area contributed by atoms with E-state index in [2.05, 4.69) is 5.32 Å². The molecule has 2 aromatic carbocycles. The maximum Gasteiger partial charge on any atom is 0.251 e. The lowest BCUT2D eigenvalue weighted by molar-refractivity contribution is -0.131. The van der Waals surface area contributed by atoms with Gasteiger partial charge >= 0.3 is 0 Å². The zero-order valence-electron chi connectivity index (χ0n) is 14.4. The molecule has 0 unspecified atom stereocenters. The quantitative estimate of drug-likeness (QED) is 0.773. The number of benzene rings is 2. The number of hydrogen-bond acceptors (Lipinski definition) is 3. The number of hydrogen-bond donors (Lipinski definition) is 2.